The smallest absolute Gasteiger partial charge is 0.344 e. The summed E-state index contributed by atoms with van der Waals surface area (Å²) in [6.07, 6.45) is 0. The zero-order valence-corrected chi connectivity index (χ0v) is 21.4. The van der Waals surface area contributed by atoms with Crippen LogP contribution in [0, 0.1) is 10.1 Å². The molecule has 0 atom stereocenters. The number of nitro benzene ring substituents is 1. The minimum absolute atomic E-state index is 0.0488. The molecule has 194 valence electrons. The summed E-state index contributed by atoms with van der Waals surface area (Å²) in [5.74, 6) is -1.28. The van der Waals surface area contributed by atoms with Crippen molar-refractivity contribution in [2.45, 2.75) is 4.90 Å². The number of hydrogen-bond acceptors (Lipinski definition) is 8. The molecule has 11 nitrogen and oxygen atoms in total. The summed E-state index contributed by atoms with van der Waals surface area (Å²) < 4.78 is 36.8. The van der Waals surface area contributed by atoms with Crippen LogP contribution in [0.1, 0.15) is 0 Å². The second-order valence-corrected chi connectivity index (χ2v) is 10.2. The Balaban J connectivity index is 1.48. The number of nitro groups is 1. The van der Waals surface area contributed by atoms with Gasteiger partial charge < -0.3 is 14.8 Å². The van der Waals surface area contributed by atoms with Crippen molar-refractivity contribution in [2.24, 2.45) is 0 Å². The number of halogens is 2. The van der Waals surface area contributed by atoms with Gasteiger partial charge in [-0.25, -0.2) is 13.2 Å². The summed E-state index contributed by atoms with van der Waals surface area (Å²) in [7, 11) is -2.42. The summed E-state index contributed by atoms with van der Waals surface area (Å²) in [6.45, 7) is -1.15. The SMILES string of the molecule is CN(c1ccc(OCC(=O)OCC(=O)Nc2ccc([N+](=O)[O-])cc2Cl)cc1)S(=O)(=O)c1ccc(Cl)cc1. The van der Waals surface area contributed by atoms with Crippen LogP contribution in [-0.2, 0) is 24.3 Å². The number of anilines is 2. The van der Waals surface area contributed by atoms with Crippen molar-refractivity contribution < 1.29 is 32.4 Å². The van der Waals surface area contributed by atoms with Gasteiger partial charge in [0.1, 0.15) is 5.75 Å². The summed E-state index contributed by atoms with van der Waals surface area (Å²) in [4.78, 5) is 34.1. The molecule has 0 saturated heterocycles. The van der Waals surface area contributed by atoms with Crippen LogP contribution in [0.25, 0.3) is 0 Å². The van der Waals surface area contributed by atoms with E-state index >= 15 is 0 Å². The molecule has 0 aliphatic heterocycles. The molecule has 3 aromatic carbocycles. The lowest BCUT2D eigenvalue weighted by Gasteiger charge is -2.20. The third kappa shape index (κ3) is 7.32. The van der Waals surface area contributed by atoms with E-state index in [1.807, 2.05) is 0 Å². The van der Waals surface area contributed by atoms with Crippen LogP contribution in [0.15, 0.2) is 71.6 Å². The van der Waals surface area contributed by atoms with Gasteiger partial charge in [0.2, 0.25) is 0 Å². The van der Waals surface area contributed by atoms with Crippen LogP contribution in [0.2, 0.25) is 10.0 Å². The van der Waals surface area contributed by atoms with Gasteiger partial charge in [0.25, 0.3) is 21.6 Å². The molecule has 3 rings (SSSR count). The van der Waals surface area contributed by atoms with E-state index in [1.165, 1.54) is 61.6 Å². The van der Waals surface area contributed by atoms with Crippen molar-refractivity contribution in [3.63, 3.8) is 0 Å². The van der Waals surface area contributed by atoms with E-state index in [0.29, 0.717) is 10.7 Å². The number of benzene rings is 3. The Morgan fingerprint density at radius 1 is 1.00 bits per heavy atom. The first-order valence-corrected chi connectivity index (χ1v) is 12.5. The van der Waals surface area contributed by atoms with Crippen LogP contribution >= 0.6 is 23.2 Å². The van der Waals surface area contributed by atoms with Gasteiger partial charge in [-0.3, -0.25) is 19.2 Å². The van der Waals surface area contributed by atoms with Gasteiger partial charge in [-0.15, -0.1) is 0 Å². The normalized spacial score (nSPS) is 10.9. The fourth-order valence-electron chi connectivity index (χ4n) is 2.89. The van der Waals surface area contributed by atoms with Crippen LogP contribution in [-0.4, -0.2) is 45.5 Å². The van der Waals surface area contributed by atoms with Crippen molar-refractivity contribution in [1.29, 1.82) is 0 Å². The Morgan fingerprint density at radius 2 is 1.65 bits per heavy atom. The van der Waals surface area contributed by atoms with Gasteiger partial charge in [0, 0.05) is 24.2 Å². The number of nitrogens with one attached hydrogen (secondary N) is 1. The first kappa shape index (κ1) is 27.7. The highest BCUT2D eigenvalue weighted by Crippen LogP contribution is 2.27. The second-order valence-electron chi connectivity index (χ2n) is 7.34. The van der Waals surface area contributed by atoms with Gasteiger partial charge in [-0.2, -0.15) is 0 Å². The average Bonchev–Trinajstić information content (AvgIpc) is 2.87. The molecule has 0 bridgehead atoms. The molecule has 0 fully saturated rings. The fraction of sp³-hybridized carbons (Fsp3) is 0.130. The van der Waals surface area contributed by atoms with Gasteiger partial charge in [-0.1, -0.05) is 23.2 Å². The first-order chi connectivity index (χ1) is 17.5. The molecular weight excluding hydrogens is 549 g/mol. The molecule has 37 heavy (non-hydrogen) atoms. The number of non-ortho nitro benzene ring substituents is 1. The van der Waals surface area contributed by atoms with Gasteiger partial charge in [0.05, 0.1) is 26.2 Å². The molecule has 0 unspecified atom stereocenters. The van der Waals surface area contributed by atoms with Crippen LogP contribution in [0.5, 0.6) is 5.75 Å². The third-order valence-electron chi connectivity index (χ3n) is 4.83. The lowest BCUT2D eigenvalue weighted by Crippen LogP contribution is -2.26. The van der Waals surface area contributed by atoms with Crippen molar-refractivity contribution in [3.8, 4) is 5.75 Å². The molecule has 0 saturated carbocycles. The van der Waals surface area contributed by atoms with Crippen molar-refractivity contribution in [3.05, 3.63) is 86.9 Å². The molecule has 0 aromatic heterocycles. The van der Waals surface area contributed by atoms with Crippen LogP contribution in [0.3, 0.4) is 0 Å². The lowest BCUT2D eigenvalue weighted by atomic mass is 10.3. The lowest BCUT2D eigenvalue weighted by molar-refractivity contribution is -0.384. The predicted octanol–water partition coefficient (Wildman–Crippen LogP) is 4.29. The standard InChI is InChI=1S/C23H19Cl2N3O8S/c1-27(37(33,34)19-9-2-15(24)3-10-19)16-4-7-18(8-5-16)35-14-23(30)36-13-22(29)26-21-11-6-17(28(31)32)12-20(21)25/h2-12H,13-14H2,1H3,(H,26,29). The third-order valence-corrected chi connectivity index (χ3v) is 7.20. The molecule has 0 heterocycles. The number of carbonyl (C=O) groups is 2. The quantitative estimate of drug-likeness (QED) is 0.217. The number of hydrogen-bond donors (Lipinski definition) is 1. The van der Waals surface area contributed by atoms with Crippen LogP contribution in [0.4, 0.5) is 17.1 Å². The number of esters is 1. The summed E-state index contributed by atoms with van der Waals surface area (Å²) in [6, 6.07) is 15.2. The minimum Gasteiger partial charge on any atom is -0.482 e. The van der Waals surface area contributed by atoms with Crippen molar-refractivity contribution in [1.82, 2.24) is 0 Å². The van der Waals surface area contributed by atoms with Gasteiger partial charge in [0.15, 0.2) is 13.2 Å². The average molecular weight is 568 g/mol. The highest BCUT2D eigenvalue weighted by atomic mass is 35.5. The van der Waals surface area contributed by atoms with E-state index in [0.717, 1.165) is 16.4 Å². The Labute approximate surface area is 221 Å². The van der Waals surface area contributed by atoms with E-state index in [-0.39, 0.29) is 27.0 Å². The minimum atomic E-state index is -3.81. The number of rotatable bonds is 10. The maximum atomic E-state index is 12.8. The molecule has 0 radical (unpaired) electrons. The molecule has 1 amide bonds. The second kappa shape index (κ2) is 11.9. The molecule has 0 spiro atoms. The molecule has 3 aromatic rings. The summed E-state index contributed by atoms with van der Waals surface area (Å²) in [5.41, 5.74) is 0.230. The van der Waals surface area contributed by atoms with Crippen LogP contribution < -0.4 is 14.4 Å². The van der Waals surface area contributed by atoms with Crippen molar-refractivity contribution >= 4 is 62.2 Å². The maximum absolute atomic E-state index is 12.8. The number of nitrogens with zero attached hydrogens (tertiary/aromatic N) is 2. The largest absolute Gasteiger partial charge is 0.482 e. The summed E-state index contributed by atoms with van der Waals surface area (Å²) in [5, 5.41) is 13.5. The molecule has 14 heteroatoms. The van der Waals surface area contributed by atoms with Gasteiger partial charge in [-0.05, 0) is 54.6 Å². The highest BCUT2D eigenvalue weighted by molar-refractivity contribution is 7.92. The Bertz CT molecular complexity index is 1410. The Kier molecular flexibility index (Phi) is 8.92. The topological polar surface area (TPSA) is 145 Å². The first-order valence-electron chi connectivity index (χ1n) is 10.3. The molecular formula is C23H19Cl2N3O8S. The Morgan fingerprint density at radius 3 is 2.24 bits per heavy atom. The maximum Gasteiger partial charge on any atom is 0.344 e. The van der Waals surface area contributed by atoms with Crippen molar-refractivity contribution in [2.75, 3.05) is 29.9 Å². The van der Waals surface area contributed by atoms with E-state index in [1.54, 1.807) is 0 Å². The molecule has 0 aliphatic carbocycles. The van der Waals surface area contributed by atoms with Gasteiger partial charge >= 0.3 is 5.97 Å². The van der Waals surface area contributed by atoms with E-state index in [9.17, 15) is 28.1 Å². The monoisotopic (exact) mass is 567 g/mol. The number of sulfonamides is 1. The van der Waals surface area contributed by atoms with E-state index < -0.39 is 40.0 Å². The highest BCUT2D eigenvalue weighted by Gasteiger charge is 2.21. The summed E-state index contributed by atoms with van der Waals surface area (Å²) >= 11 is 11.7. The molecule has 1 N–H and O–H groups in total. The number of ether oxygens (including phenoxy) is 2. The van der Waals surface area contributed by atoms with E-state index in [2.05, 4.69) is 5.32 Å². The van der Waals surface area contributed by atoms with E-state index in [4.69, 9.17) is 32.7 Å². The molecule has 0 aliphatic rings. The zero-order valence-electron chi connectivity index (χ0n) is 19.1. The number of amides is 1. The number of carbonyl (C=O) groups excluding carboxylic acids is 2. The Hall–Kier alpha value is -3.87. The predicted molar refractivity (Wildman–Crippen MR) is 137 cm³/mol. The zero-order chi connectivity index (χ0) is 27.2. The fourth-order valence-corrected chi connectivity index (χ4v) is 4.43.